The van der Waals surface area contributed by atoms with Crippen molar-refractivity contribution in [3.63, 3.8) is 0 Å². The normalized spacial score (nSPS) is 33.0. The van der Waals surface area contributed by atoms with Crippen LogP contribution in [0.2, 0.25) is 0 Å². The first-order valence-electron chi connectivity index (χ1n) is 2.04. The number of ether oxygens (including phenoxy) is 1. The predicted molar refractivity (Wildman–Crippen MR) is 15.9 cm³/mol. The quantitative estimate of drug-likeness (QED) is 0.499. The Morgan fingerprint density at radius 2 is 1.00 bits per heavy atom. The highest BCUT2D eigenvalue weighted by molar-refractivity contribution is 4.95. The standard InChI is InChI=1S/C3F6O/c4-1(5)2(6,7)10-3(1,8)9. The predicted octanol–water partition coefficient (Wildman–Crippen LogP) is 1.84. The smallest absolute Gasteiger partial charge is 0.245 e. The first kappa shape index (κ1) is 7.64. The van der Waals surface area contributed by atoms with Crippen LogP contribution in [0.15, 0.2) is 0 Å². The molecule has 1 saturated heterocycles. The van der Waals surface area contributed by atoms with Gasteiger partial charge < -0.3 is 0 Å². The van der Waals surface area contributed by atoms with Gasteiger partial charge >= 0.3 is 18.1 Å². The maximum absolute atomic E-state index is 11.5. The third kappa shape index (κ3) is 0.582. The van der Waals surface area contributed by atoms with Crippen molar-refractivity contribution < 1.29 is 31.1 Å². The summed E-state index contributed by atoms with van der Waals surface area (Å²) in [5, 5.41) is 0. The first-order chi connectivity index (χ1) is 4.21. The molecule has 1 aliphatic heterocycles. The molecule has 0 radical (unpaired) electrons. The molecule has 1 aliphatic rings. The van der Waals surface area contributed by atoms with E-state index in [1.807, 2.05) is 0 Å². The lowest BCUT2D eigenvalue weighted by atomic mass is 10.2. The molecule has 0 atom stereocenters. The molecule has 0 unspecified atom stereocenters. The van der Waals surface area contributed by atoms with Gasteiger partial charge in [0.1, 0.15) is 0 Å². The molecule has 7 heteroatoms. The van der Waals surface area contributed by atoms with Crippen molar-refractivity contribution in [2.24, 2.45) is 0 Å². The van der Waals surface area contributed by atoms with Crippen molar-refractivity contribution in [1.29, 1.82) is 0 Å². The van der Waals surface area contributed by atoms with Gasteiger partial charge in [-0.3, -0.25) is 0 Å². The van der Waals surface area contributed by atoms with Gasteiger partial charge in [-0.1, -0.05) is 0 Å². The lowest BCUT2D eigenvalue weighted by Gasteiger charge is -2.41. The molecule has 0 saturated carbocycles. The van der Waals surface area contributed by atoms with Gasteiger partial charge in [-0.05, 0) is 0 Å². The van der Waals surface area contributed by atoms with E-state index in [0.29, 0.717) is 0 Å². The molecule has 0 aromatic rings. The zero-order valence-corrected chi connectivity index (χ0v) is 4.18. The van der Waals surface area contributed by atoms with Crippen LogP contribution in [0.3, 0.4) is 0 Å². The molecule has 1 heterocycles. The molecule has 0 spiro atoms. The monoisotopic (exact) mass is 166 g/mol. The van der Waals surface area contributed by atoms with Crippen LogP contribution in [0, 0.1) is 0 Å². The van der Waals surface area contributed by atoms with E-state index >= 15 is 0 Å². The van der Waals surface area contributed by atoms with E-state index in [1.54, 1.807) is 0 Å². The highest BCUT2D eigenvalue weighted by Gasteiger charge is 2.87. The van der Waals surface area contributed by atoms with Crippen molar-refractivity contribution >= 4 is 0 Å². The van der Waals surface area contributed by atoms with Gasteiger partial charge in [-0.15, -0.1) is 0 Å². The van der Waals surface area contributed by atoms with E-state index in [2.05, 4.69) is 4.74 Å². The maximum atomic E-state index is 11.5. The van der Waals surface area contributed by atoms with Gasteiger partial charge in [-0.2, -0.15) is 26.3 Å². The lowest BCUT2D eigenvalue weighted by Crippen LogP contribution is -2.69. The van der Waals surface area contributed by atoms with Crippen LogP contribution >= 0.6 is 0 Å². The van der Waals surface area contributed by atoms with E-state index in [4.69, 9.17) is 0 Å². The van der Waals surface area contributed by atoms with Crippen molar-refractivity contribution in [3.05, 3.63) is 0 Å². The Balaban J connectivity index is 2.85. The highest BCUT2D eigenvalue weighted by atomic mass is 19.4. The minimum Gasteiger partial charge on any atom is -0.245 e. The van der Waals surface area contributed by atoms with E-state index in [9.17, 15) is 26.3 Å². The van der Waals surface area contributed by atoms with Crippen LogP contribution in [0.1, 0.15) is 0 Å². The number of alkyl halides is 6. The number of halogens is 6. The zero-order chi connectivity index (χ0) is 8.21. The van der Waals surface area contributed by atoms with Gasteiger partial charge in [0.25, 0.3) is 0 Å². The largest absolute Gasteiger partial charge is 0.433 e. The SMILES string of the molecule is FC1(F)OC(F)(F)C1(F)F. The molecule has 0 N–H and O–H groups in total. The van der Waals surface area contributed by atoms with Crippen LogP contribution in [-0.2, 0) is 4.74 Å². The summed E-state index contributed by atoms with van der Waals surface area (Å²) in [6, 6.07) is 0. The Bertz CT molecular complexity index is 146. The molecule has 1 nitrogen and oxygen atoms in total. The second kappa shape index (κ2) is 1.41. The lowest BCUT2D eigenvalue weighted by molar-refractivity contribution is -0.583. The van der Waals surface area contributed by atoms with Gasteiger partial charge in [0.05, 0.1) is 0 Å². The Hall–Kier alpha value is -0.460. The van der Waals surface area contributed by atoms with Crippen LogP contribution < -0.4 is 0 Å². The van der Waals surface area contributed by atoms with Crippen LogP contribution in [-0.4, -0.2) is 18.1 Å². The molecular formula is C3F6O. The molecule has 60 valence electrons. The molecule has 0 amide bonds. The zero-order valence-electron chi connectivity index (χ0n) is 4.18. The van der Waals surface area contributed by atoms with Crippen molar-refractivity contribution in [2.75, 3.05) is 0 Å². The molecule has 1 fully saturated rings. The van der Waals surface area contributed by atoms with E-state index in [0.717, 1.165) is 0 Å². The summed E-state index contributed by atoms with van der Waals surface area (Å²) in [6.45, 7) is 0. The maximum Gasteiger partial charge on any atom is 0.433 e. The fourth-order valence-corrected chi connectivity index (χ4v) is 0.412. The summed E-state index contributed by atoms with van der Waals surface area (Å²) in [6.07, 6.45) is -10.1. The third-order valence-corrected chi connectivity index (χ3v) is 0.987. The van der Waals surface area contributed by atoms with Crippen LogP contribution in [0.5, 0.6) is 0 Å². The van der Waals surface area contributed by atoms with E-state index in [1.165, 1.54) is 0 Å². The summed E-state index contributed by atoms with van der Waals surface area (Å²) >= 11 is 0. The average Bonchev–Trinajstić information content (AvgIpc) is 1.61. The van der Waals surface area contributed by atoms with Crippen molar-refractivity contribution in [1.82, 2.24) is 0 Å². The fourth-order valence-electron chi connectivity index (χ4n) is 0.412. The minimum atomic E-state index is -5.38. The first-order valence-corrected chi connectivity index (χ1v) is 2.04. The third-order valence-electron chi connectivity index (χ3n) is 0.987. The van der Waals surface area contributed by atoms with E-state index < -0.39 is 18.1 Å². The van der Waals surface area contributed by atoms with Crippen LogP contribution in [0.4, 0.5) is 26.3 Å². The topological polar surface area (TPSA) is 9.23 Å². The summed E-state index contributed by atoms with van der Waals surface area (Å²) in [7, 11) is 0. The van der Waals surface area contributed by atoms with Crippen molar-refractivity contribution in [2.45, 2.75) is 18.1 Å². The number of rotatable bonds is 0. The molecule has 0 aliphatic carbocycles. The molecule has 1 rings (SSSR count). The summed E-state index contributed by atoms with van der Waals surface area (Å²) in [4.78, 5) is 0. The van der Waals surface area contributed by atoms with Crippen molar-refractivity contribution in [3.8, 4) is 0 Å². The number of hydrogen-bond acceptors (Lipinski definition) is 1. The molecular weight excluding hydrogens is 166 g/mol. The molecule has 0 aromatic heterocycles. The highest BCUT2D eigenvalue weighted by Crippen LogP contribution is 2.57. The van der Waals surface area contributed by atoms with Gasteiger partial charge in [0, 0.05) is 0 Å². The van der Waals surface area contributed by atoms with Gasteiger partial charge in [-0.25, -0.2) is 4.74 Å². The summed E-state index contributed by atoms with van der Waals surface area (Å²) < 4.78 is 70.7. The summed E-state index contributed by atoms with van der Waals surface area (Å²) in [5.74, 6) is -5.38. The number of hydrogen-bond donors (Lipinski definition) is 0. The van der Waals surface area contributed by atoms with E-state index in [-0.39, 0.29) is 0 Å². The van der Waals surface area contributed by atoms with Gasteiger partial charge in [0.15, 0.2) is 0 Å². The Kier molecular flexibility index (Phi) is 1.08. The second-order valence-electron chi connectivity index (χ2n) is 1.71. The Labute approximate surface area is 50.6 Å². The fraction of sp³-hybridized carbons (Fsp3) is 1.00. The average molecular weight is 166 g/mol. The van der Waals surface area contributed by atoms with Crippen LogP contribution in [0.25, 0.3) is 0 Å². The minimum absolute atomic E-state index is 2.31. The summed E-state index contributed by atoms with van der Waals surface area (Å²) in [5.41, 5.74) is 0. The molecule has 0 aromatic carbocycles. The van der Waals surface area contributed by atoms with Gasteiger partial charge in [0.2, 0.25) is 0 Å². The Morgan fingerprint density at radius 3 is 1.00 bits per heavy atom. The molecule has 0 bridgehead atoms. The second-order valence-corrected chi connectivity index (χ2v) is 1.71. The molecule has 10 heavy (non-hydrogen) atoms. The Morgan fingerprint density at radius 1 is 0.700 bits per heavy atom.